The molecule has 1 heterocycles. The minimum Gasteiger partial charge on any atom is -0.493 e. The van der Waals surface area contributed by atoms with Crippen molar-refractivity contribution < 1.29 is 23.8 Å². The molecule has 6 heteroatoms. The molecule has 0 amide bonds. The highest BCUT2D eigenvalue weighted by atomic mass is 16.5. The quantitative estimate of drug-likeness (QED) is 0.319. The fourth-order valence-corrected chi connectivity index (χ4v) is 5.65. The molecule has 3 aromatic carbocycles. The maximum atomic E-state index is 13.8. The smallest absolute Gasteiger partial charge is 0.315 e. The fourth-order valence-electron chi connectivity index (χ4n) is 5.65. The second-order valence-corrected chi connectivity index (χ2v) is 9.94. The minimum atomic E-state index is -0.693. The lowest BCUT2D eigenvalue weighted by Crippen LogP contribution is -2.38. The van der Waals surface area contributed by atoms with Crippen LogP contribution in [0, 0.1) is 5.92 Å². The van der Waals surface area contributed by atoms with Crippen LogP contribution in [0.2, 0.25) is 0 Å². The first kappa shape index (κ1) is 26.4. The molecule has 0 bridgehead atoms. The number of allylic oxidation sites excluding steroid dienone is 2. The van der Waals surface area contributed by atoms with Crippen molar-refractivity contribution in [3.05, 3.63) is 107 Å². The van der Waals surface area contributed by atoms with E-state index in [4.69, 9.17) is 19.2 Å². The van der Waals surface area contributed by atoms with Gasteiger partial charge in [0.2, 0.25) is 0 Å². The Bertz CT molecular complexity index is 1410. The zero-order valence-corrected chi connectivity index (χ0v) is 22.6. The number of rotatable bonds is 8. The molecular formula is C33H33NO5. The number of esters is 1. The van der Waals surface area contributed by atoms with Crippen molar-refractivity contribution in [3.8, 4) is 11.5 Å². The summed E-state index contributed by atoms with van der Waals surface area (Å²) in [4.78, 5) is 31.9. The Morgan fingerprint density at radius 2 is 1.64 bits per heavy atom. The molecule has 0 spiro atoms. The minimum absolute atomic E-state index is 0.0176. The fraction of sp³-hybridized carbons (Fsp3) is 0.303. The molecule has 0 fully saturated rings. The normalized spacial score (nSPS) is 20.6. The second-order valence-electron chi connectivity index (χ2n) is 9.94. The summed E-state index contributed by atoms with van der Waals surface area (Å²) in [6, 6.07) is 25.6. The van der Waals surface area contributed by atoms with Gasteiger partial charge in [0.15, 0.2) is 17.3 Å². The first-order chi connectivity index (χ1) is 19.0. The number of methoxy groups -OCH3 is 1. The predicted molar refractivity (Wildman–Crippen MR) is 150 cm³/mol. The summed E-state index contributed by atoms with van der Waals surface area (Å²) in [5, 5.41) is 0. The maximum Gasteiger partial charge on any atom is 0.315 e. The van der Waals surface area contributed by atoms with Crippen LogP contribution < -0.4 is 9.47 Å². The van der Waals surface area contributed by atoms with Crippen molar-refractivity contribution in [1.82, 2.24) is 0 Å². The molecule has 0 radical (unpaired) electrons. The molecule has 3 atom stereocenters. The Morgan fingerprint density at radius 1 is 0.923 bits per heavy atom. The molecule has 3 aromatic rings. The van der Waals surface area contributed by atoms with E-state index in [-0.39, 0.29) is 24.3 Å². The molecule has 6 nitrogen and oxygen atoms in total. The highest BCUT2D eigenvalue weighted by molar-refractivity contribution is 6.09. The van der Waals surface area contributed by atoms with Crippen molar-refractivity contribution >= 4 is 17.5 Å². The third-order valence-corrected chi connectivity index (χ3v) is 7.48. The number of ketones is 1. The number of nitrogens with zero attached hydrogens (tertiary/aromatic N) is 1. The van der Waals surface area contributed by atoms with Crippen LogP contribution in [0.5, 0.6) is 11.5 Å². The zero-order valence-electron chi connectivity index (χ0n) is 22.6. The van der Waals surface area contributed by atoms with Crippen LogP contribution in [-0.4, -0.2) is 31.2 Å². The van der Waals surface area contributed by atoms with E-state index in [1.165, 1.54) is 0 Å². The van der Waals surface area contributed by atoms with Gasteiger partial charge < -0.3 is 14.2 Å². The molecule has 5 rings (SSSR count). The average molecular weight is 524 g/mol. The van der Waals surface area contributed by atoms with E-state index in [9.17, 15) is 9.59 Å². The number of hydrogen-bond donors (Lipinski definition) is 0. The Hall–Kier alpha value is -4.19. The summed E-state index contributed by atoms with van der Waals surface area (Å²) < 4.78 is 17.2. The van der Waals surface area contributed by atoms with Crippen molar-refractivity contribution in [2.24, 2.45) is 10.9 Å². The van der Waals surface area contributed by atoms with Crippen LogP contribution >= 0.6 is 0 Å². The molecule has 0 saturated carbocycles. The van der Waals surface area contributed by atoms with E-state index in [0.717, 1.165) is 22.4 Å². The summed E-state index contributed by atoms with van der Waals surface area (Å²) in [6.45, 7) is 4.28. The van der Waals surface area contributed by atoms with E-state index >= 15 is 0 Å². The standard InChI is InChI=1S/C33H33NO5/c1-4-38-33(36)30-21(2)34-26-17-25(23-13-9-6-10-14-23)18-27(35)32(26)31(30)24-15-16-28(29(19-24)37-3)39-20-22-11-7-5-8-12-22/h5-16,19,25,30-31H,4,17-18,20H2,1-3H3/t25-,30?,31+/m1/s1. The van der Waals surface area contributed by atoms with E-state index in [0.29, 0.717) is 42.2 Å². The third kappa shape index (κ3) is 5.51. The monoisotopic (exact) mass is 523 g/mol. The third-order valence-electron chi connectivity index (χ3n) is 7.48. The van der Waals surface area contributed by atoms with E-state index in [1.54, 1.807) is 14.0 Å². The van der Waals surface area contributed by atoms with E-state index in [1.807, 2.05) is 73.7 Å². The van der Waals surface area contributed by atoms with Crippen molar-refractivity contribution in [2.75, 3.05) is 13.7 Å². The Balaban J connectivity index is 1.53. The number of aliphatic imine (C=N–C) groups is 1. The molecule has 1 aliphatic heterocycles. The second kappa shape index (κ2) is 11.7. The van der Waals surface area contributed by atoms with Gasteiger partial charge in [-0.25, -0.2) is 0 Å². The average Bonchev–Trinajstić information content (AvgIpc) is 2.96. The van der Waals surface area contributed by atoms with E-state index < -0.39 is 11.8 Å². The maximum absolute atomic E-state index is 13.8. The number of ether oxygens (including phenoxy) is 3. The van der Waals surface area contributed by atoms with Gasteiger partial charge in [-0.05, 0) is 55.0 Å². The molecule has 200 valence electrons. The van der Waals surface area contributed by atoms with Gasteiger partial charge in [0.05, 0.1) is 13.7 Å². The van der Waals surface area contributed by atoms with Crippen LogP contribution in [0.1, 0.15) is 55.2 Å². The van der Waals surface area contributed by atoms with Gasteiger partial charge in [-0.3, -0.25) is 14.6 Å². The Kier molecular flexibility index (Phi) is 7.92. The molecule has 0 aromatic heterocycles. The highest BCUT2D eigenvalue weighted by Gasteiger charge is 2.45. The van der Waals surface area contributed by atoms with Gasteiger partial charge in [0, 0.05) is 29.3 Å². The summed E-state index contributed by atoms with van der Waals surface area (Å²) in [5.41, 5.74) is 4.97. The lowest BCUT2D eigenvalue weighted by Gasteiger charge is -2.36. The van der Waals surface area contributed by atoms with Crippen LogP contribution in [0.25, 0.3) is 0 Å². The van der Waals surface area contributed by atoms with Gasteiger partial charge in [-0.1, -0.05) is 66.7 Å². The van der Waals surface area contributed by atoms with Crippen LogP contribution in [0.4, 0.5) is 0 Å². The molecule has 1 unspecified atom stereocenters. The summed E-state index contributed by atoms with van der Waals surface area (Å²) >= 11 is 0. The molecule has 0 saturated heterocycles. The highest BCUT2D eigenvalue weighted by Crippen LogP contribution is 2.48. The lowest BCUT2D eigenvalue weighted by molar-refractivity contribution is -0.146. The van der Waals surface area contributed by atoms with Crippen molar-refractivity contribution in [3.63, 3.8) is 0 Å². The molecular weight excluding hydrogens is 490 g/mol. The van der Waals surface area contributed by atoms with Crippen LogP contribution in [0.15, 0.2) is 95.1 Å². The first-order valence-electron chi connectivity index (χ1n) is 13.4. The predicted octanol–water partition coefficient (Wildman–Crippen LogP) is 6.41. The topological polar surface area (TPSA) is 74.2 Å². The van der Waals surface area contributed by atoms with Gasteiger partial charge in [0.25, 0.3) is 0 Å². The van der Waals surface area contributed by atoms with Crippen LogP contribution in [0.3, 0.4) is 0 Å². The number of benzene rings is 3. The molecule has 39 heavy (non-hydrogen) atoms. The summed E-state index contributed by atoms with van der Waals surface area (Å²) in [5.74, 6) is -0.386. The van der Waals surface area contributed by atoms with E-state index in [2.05, 4.69) is 12.1 Å². The number of Topliss-reactive ketones (excluding diaryl/α,β-unsaturated/α-hetero) is 1. The SMILES string of the molecule is CCOC(=O)C1C(C)=NC2=C(C(=O)C[C@H](c3ccccc3)C2)[C@H]1c1ccc(OCc2ccccc2)c(OC)c1. The van der Waals surface area contributed by atoms with Gasteiger partial charge in [0.1, 0.15) is 12.5 Å². The van der Waals surface area contributed by atoms with Crippen LogP contribution in [-0.2, 0) is 20.9 Å². The molecule has 0 N–H and O–H groups in total. The largest absolute Gasteiger partial charge is 0.493 e. The van der Waals surface area contributed by atoms with Gasteiger partial charge in [-0.2, -0.15) is 0 Å². The number of carbonyl (C=O) groups excluding carboxylic acids is 2. The van der Waals surface area contributed by atoms with Gasteiger partial charge in [-0.15, -0.1) is 0 Å². The summed E-state index contributed by atoms with van der Waals surface area (Å²) in [7, 11) is 1.59. The lowest BCUT2D eigenvalue weighted by atomic mass is 9.69. The molecule has 1 aliphatic carbocycles. The molecule has 2 aliphatic rings. The van der Waals surface area contributed by atoms with Gasteiger partial charge >= 0.3 is 5.97 Å². The van der Waals surface area contributed by atoms with Crippen molar-refractivity contribution in [2.45, 2.75) is 45.1 Å². The Labute approximate surface area is 229 Å². The summed E-state index contributed by atoms with van der Waals surface area (Å²) in [6.07, 6.45) is 1.02. The number of hydrogen-bond acceptors (Lipinski definition) is 6. The zero-order chi connectivity index (χ0) is 27.4. The Morgan fingerprint density at radius 3 is 2.33 bits per heavy atom. The number of carbonyl (C=O) groups is 2. The first-order valence-corrected chi connectivity index (χ1v) is 13.4. The van der Waals surface area contributed by atoms with Crippen molar-refractivity contribution in [1.29, 1.82) is 0 Å².